The highest BCUT2D eigenvalue weighted by Gasteiger charge is 2.08. The van der Waals surface area contributed by atoms with E-state index in [9.17, 15) is 8.42 Å². The Hall–Kier alpha value is -0.350. The Kier molecular flexibility index (Phi) is 3.72. The molecule has 78 valence electrons. The van der Waals surface area contributed by atoms with E-state index in [4.69, 9.17) is 0 Å². The van der Waals surface area contributed by atoms with Crippen molar-refractivity contribution >= 4 is 25.8 Å². The van der Waals surface area contributed by atoms with Crippen molar-refractivity contribution in [1.29, 1.82) is 0 Å². The van der Waals surface area contributed by atoms with Crippen molar-refractivity contribution in [2.24, 2.45) is 0 Å². The van der Waals surface area contributed by atoms with Gasteiger partial charge in [0, 0.05) is 11.1 Å². The standard InChI is InChI=1S/C10H13BrO2S/c1-3-10(11)8-4-6-9(7-5-8)14(2,12)13/h4-7,10H,3H2,1-2H3. The fourth-order valence-electron chi connectivity index (χ4n) is 1.16. The van der Waals surface area contributed by atoms with Gasteiger partial charge in [-0.2, -0.15) is 0 Å². The largest absolute Gasteiger partial charge is 0.224 e. The molecule has 0 bridgehead atoms. The third-order valence-corrected chi connectivity index (χ3v) is 4.33. The van der Waals surface area contributed by atoms with Crippen LogP contribution in [0.1, 0.15) is 23.7 Å². The molecule has 0 fully saturated rings. The van der Waals surface area contributed by atoms with Crippen molar-refractivity contribution < 1.29 is 8.42 Å². The van der Waals surface area contributed by atoms with Gasteiger partial charge in [0.15, 0.2) is 9.84 Å². The number of benzene rings is 1. The van der Waals surface area contributed by atoms with Gasteiger partial charge in [0.05, 0.1) is 4.90 Å². The van der Waals surface area contributed by atoms with Gasteiger partial charge >= 0.3 is 0 Å². The molecular weight excluding hydrogens is 264 g/mol. The molecule has 14 heavy (non-hydrogen) atoms. The minimum Gasteiger partial charge on any atom is -0.224 e. The maximum Gasteiger partial charge on any atom is 0.175 e. The summed E-state index contributed by atoms with van der Waals surface area (Å²) in [7, 11) is -3.07. The number of alkyl halides is 1. The Labute approximate surface area is 93.4 Å². The molecule has 4 heteroatoms. The zero-order valence-corrected chi connectivity index (χ0v) is 10.6. The van der Waals surface area contributed by atoms with E-state index < -0.39 is 9.84 Å². The van der Waals surface area contributed by atoms with Crippen molar-refractivity contribution in [2.45, 2.75) is 23.1 Å². The van der Waals surface area contributed by atoms with E-state index in [1.54, 1.807) is 12.1 Å². The lowest BCUT2D eigenvalue weighted by atomic mass is 10.1. The van der Waals surface area contributed by atoms with Gasteiger partial charge in [-0.1, -0.05) is 35.0 Å². The van der Waals surface area contributed by atoms with Crippen LogP contribution in [-0.2, 0) is 9.84 Å². The van der Waals surface area contributed by atoms with Gasteiger partial charge in [-0.3, -0.25) is 0 Å². The summed E-state index contributed by atoms with van der Waals surface area (Å²) in [6, 6.07) is 6.99. The molecule has 0 amide bonds. The molecule has 1 unspecified atom stereocenters. The quantitative estimate of drug-likeness (QED) is 0.796. The zero-order chi connectivity index (χ0) is 10.8. The summed E-state index contributed by atoms with van der Waals surface area (Å²) in [5, 5.41) is 0. The fourth-order valence-corrected chi connectivity index (χ4v) is 2.10. The van der Waals surface area contributed by atoms with Gasteiger partial charge < -0.3 is 0 Å². The topological polar surface area (TPSA) is 34.1 Å². The highest BCUT2D eigenvalue weighted by molar-refractivity contribution is 9.09. The third kappa shape index (κ3) is 2.82. The molecule has 0 heterocycles. The zero-order valence-electron chi connectivity index (χ0n) is 8.20. The van der Waals surface area contributed by atoms with Gasteiger partial charge in [-0.25, -0.2) is 8.42 Å². The molecule has 2 nitrogen and oxygen atoms in total. The lowest BCUT2D eigenvalue weighted by Gasteiger charge is -2.07. The van der Waals surface area contributed by atoms with Crippen LogP contribution in [-0.4, -0.2) is 14.7 Å². The first-order valence-electron chi connectivity index (χ1n) is 4.39. The van der Waals surface area contributed by atoms with Crippen LogP contribution in [0.5, 0.6) is 0 Å². The first-order chi connectivity index (χ1) is 6.45. The smallest absolute Gasteiger partial charge is 0.175 e. The third-order valence-electron chi connectivity index (χ3n) is 2.03. The maximum absolute atomic E-state index is 11.2. The van der Waals surface area contributed by atoms with Crippen LogP contribution in [0.15, 0.2) is 29.2 Å². The molecule has 0 aromatic heterocycles. The fraction of sp³-hybridized carbons (Fsp3) is 0.400. The molecule has 1 rings (SSSR count). The summed E-state index contributed by atoms with van der Waals surface area (Å²) < 4.78 is 22.3. The molecule has 1 atom stereocenters. The molecule has 0 aliphatic rings. The lowest BCUT2D eigenvalue weighted by Crippen LogP contribution is -1.97. The number of rotatable bonds is 3. The predicted octanol–water partition coefficient (Wildman–Crippen LogP) is 2.94. The average Bonchev–Trinajstić information content (AvgIpc) is 2.15. The van der Waals surface area contributed by atoms with E-state index in [1.807, 2.05) is 12.1 Å². The van der Waals surface area contributed by atoms with Crippen molar-refractivity contribution in [3.63, 3.8) is 0 Å². The monoisotopic (exact) mass is 276 g/mol. The van der Waals surface area contributed by atoms with E-state index in [1.165, 1.54) is 6.26 Å². The molecule has 1 aromatic rings. The molecule has 0 aliphatic carbocycles. The second-order valence-corrected chi connectivity index (χ2v) is 6.34. The summed E-state index contributed by atoms with van der Waals surface area (Å²) in [5.41, 5.74) is 1.11. The summed E-state index contributed by atoms with van der Waals surface area (Å²) in [6.07, 6.45) is 2.20. The van der Waals surface area contributed by atoms with Crippen LogP contribution in [0.25, 0.3) is 0 Å². The highest BCUT2D eigenvalue weighted by Crippen LogP contribution is 2.26. The minimum absolute atomic E-state index is 0.302. The van der Waals surface area contributed by atoms with E-state index in [0.717, 1.165) is 12.0 Å². The number of hydrogen-bond acceptors (Lipinski definition) is 2. The molecule has 0 saturated heterocycles. The number of hydrogen-bond donors (Lipinski definition) is 0. The first kappa shape index (κ1) is 11.7. The molecule has 0 aliphatic heterocycles. The van der Waals surface area contributed by atoms with Crippen molar-refractivity contribution in [3.8, 4) is 0 Å². The molecule has 0 radical (unpaired) electrons. The van der Waals surface area contributed by atoms with Gasteiger partial charge in [-0.15, -0.1) is 0 Å². The second-order valence-electron chi connectivity index (χ2n) is 3.22. The first-order valence-corrected chi connectivity index (χ1v) is 7.20. The van der Waals surface area contributed by atoms with Gasteiger partial charge in [-0.05, 0) is 24.1 Å². The van der Waals surface area contributed by atoms with Crippen LogP contribution < -0.4 is 0 Å². The van der Waals surface area contributed by atoms with E-state index in [-0.39, 0.29) is 0 Å². The molecule has 1 aromatic carbocycles. The van der Waals surface area contributed by atoms with E-state index in [0.29, 0.717) is 9.72 Å². The predicted molar refractivity (Wildman–Crippen MR) is 61.5 cm³/mol. The summed E-state index contributed by atoms with van der Waals surface area (Å²) in [4.78, 5) is 0.674. The minimum atomic E-state index is -3.07. The summed E-state index contributed by atoms with van der Waals surface area (Å²) >= 11 is 3.51. The summed E-state index contributed by atoms with van der Waals surface area (Å²) in [6.45, 7) is 2.07. The van der Waals surface area contributed by atoms with E-state index >= 15 is 0 Å². The number of halogens is 1. The van der Waals surface area contributed by atoms with Crippen LogP contribution in [0.3, 0.4) is 0 Å². The average molecular weight is 277 g/mol. The SMILES string of the molecule is CCC(Br)c1ccc(S(C)(=O)=O)cc1. The van der Waals surface area contributed by atoms with Gasteiger partial charge in [0.25, 0.3) is 0 Å². The molecule has 0 N–H and O–H groups in total. The van der Waals surface area contributed by atoms with E-state index in [2.05, 4.69) is 22.9 Å². The Bertz CT molecular complexity index is 395. The van der Waals surface area contributed by atoms with Crippen LogP contribution in [0.4, 0.5) is 0 Å². The molecule has 0 spiro atoms. The van der Waals surface area contributed by atoms with Crippen LogP contribution >= 0.6 is 15.9 Å². The number of sulfone groups is 1. The maximum atomic E-state index is 11.2. The lowest BCUT2D eigenvalue weighted by molar-refractivity contribution is 0.602. The Morgan fingerprint density at radius 2 is 1.79 bits per heavy atom. The normalized spacial score (nSPS) is 13.9. The highest BCUT2D eigenvalue weighted by atomic mass is 79.9. The van der Waals surface area contributed by atoms with Crippen molar-refractivity contribution in [3.05, 3.63) is 29.8 Å². The Morgan fingerprint density at radius 1 is 1.29 bits per heavy atom. The van der Waals surface area contributed by atoms with Crippen molar-refractivity contribution in [2.75, 3.05) is 6.26 Å². The summed E-state index contributed by atoms with van der Waals surface area (Å²) in [5.74, 6) is 0. The van der Waals surface area contributed by atoms with Gasteiger partial charge in [0.2, 0.25) is 0 Å². The van der Waals surface area contributed by atoms with Gasteiger partial charge in [0.1, 0.15) is 0 Å². The van der Waals surface area contributed by atoms with Crippen molar-refractivity contribution in [1.82, 2.24) is 0 Å². The van der Waals surface area contributed by atoms with Crippen LogP contribution in [0, 0.1) is 0 Å². The molecular formula is C10H13BrO2S. The second kappa shape index (κ2) is 4.45. The molecule has 0 saturated carbocycles. The Balaban J connectivity index is 3.01. The Morgan fingerprint density at radius 3 is 2.14 bits per heavy atom. The van der Waals surface area contributed by atoms with Crippen LogP contribution in [0.2, 0.25) is 0 Å².